The lowest BCUT2D eigenvalue weighted by atomic mass is 10.0. The molecule has 0 aliphatic carbocycles. The molecule has 0 bridgehead atoms. The van der Waals surface area contributed by atoms with Crippen molar-refractivity contribution in [1.82, 2.24) is 4.98 Å². The molecule has 3 heterocycles. The van der Waals surface area contributed by atoms with Crippen molar-refractivity contribution in [3.8, 4) is 11.5 Å². The Morgan fingerprint density at radius 3 is 2.89 bits per heavy atom. The number of hydrogen-bond donors (Lipinski definition) is 0. The summed E-state index contributed by atoms with van der Waals surface area (Å²) >= 11 is 1.66. The van der Waals surface area contributed by atoms with E-state index in [1.54, 1.807) is 29.5 Å². The number of nitrogens with zero attached hydrogens (tertiary/aromatic N) is 2. The van der Waals surface area contributed by atoms with E-state index in [1.807, 2.05) is 12.1 Å². The van der Waals surface area contributed by atoms with Gasteiger partial charge in [0, 0.05) is 12.0 Å². The molecule has 27 heavy (non-hydrogen) atoms. The highest BCUT2D eigenvalue weighted by Gasteiger charge is 2.23. The molecule has 2 aromatic heterocycles. The lowest BCUT2D eigenvalue weighted by Gasteiger charge is -2.01. The molecule has 132 valence electrons. The van der Waals surface area contributed by atoms with E-state index >= 15 is 0 Å². The Morgan fingerprint density at radius 2 is 2.07 bits per heavy atom. The topological polar surface area (TPSA) is 64.7 Å². The van der Waals surface area contributed by atoms with Crippen molar-refractivity contribution in [1.29, 1.82) is 0 Å². The van der Waals surface area contributed by atoms with Gasteiger partial charge >= 0.3 is 5.97 Å². The molecule has 0 amide bonds. The Hall–Kier alpha value is -3.25. The normalized spacial score (nSPS) is 12.9. The number of carbonyl (C=O) groups excluding carboxylic acids is 1. The molecular weight excluding hydrogens is 360 g/mol. The number of benzene rings is 2. The van der Waals surface area contributed by atoms with Crippen LogP contribution in [-0.2, 0) is 11.2 Å². The van der Waals surface area contributed by atoms with Crippen molar-refractivity contribution in [2.45, 2.75) is 6.42 Å². The number of para-hydroxylation sites is 2. The van der Waals surface area contributed by atoms with Crippen molar-refractivity contribution in [3.63, 3.8) is 0 Å². The molecule has 0 radical (unpaired) electrons. The highest BCUT2D eigenvalue weighted by atomic mass is 32.1. The summed E-state index contributed by atoms with van der Waals surface area (Å²) in [4.78, 5) is 21.4. The molecule has 0 saturated carbocycles. The van der Waals surface area contributed by atoms with Gasteiger partial charge in [0.25, 0.3) is 0 Å². The summed E-state index contributed by atoms with van der Waals surface area (Å²) in [5.41, 5.74) is 6.47. The van der Waals surface area contributed by atoms with Crippen molar-refractivity contribution in [3.05, 3.63) is 69.9 Å². The van der Waals surface area contributed by atoms with Gasteiger partial charge in [0.05, 0.1) is 29.6 Å². The molecule has 5 nitrogen and oxygen atoms in total. The third-order valence-corrected chi connectivity index (χ3v) is 5.32. The predicted molar refractivity (Wildman–Crippen MR) is 105 cm³/mol. The Bertz CT molecular complexity index is 1210. The average Bonchev–Trinajstić information content (AvgIpc) is 3.44. The van der Waals surface area contributed by atoms with Gasteiger partial charge in [0.2, 0.25) is 5.89 Å². The fourth-order valence-corrected chi connectivity index (χ4v) is 3.99. The second-order valence-electron chi connectivity index (χ2n) is 6.22. The molecule has 0 atom stereocenters. The smallest absolute Gasteiger partial charge is 0.340 e. The molecule has 1 aliphatic heterocycles. The summed E-state index contributed by atoms with van der Waals surface area (Å²) < 4.78 is 10.8. The van der Waals surface area contributed by atoms with Crippen LogP contribution in [0.2, 0.25) is 0 Å². The van der Waals surface area contributed by atoms with Crippen molar-refractivity contribution in [2.24, 2.45) is 4.99 Å². The third kappa shape index (κ3) is 2.57. The Labute approximate surface area is 159 Å². The van der Waals surface area contributed by atoms with Gasteiger partial charge < -0.3 is 9.15 Å². The summed E-state index contributed by atoms with van der Waals surface area (Å²) in [6, 6.07) is 13.3. The molecule has 0 spiro atoms. The van der Waals surface area contributed by atoms with Crippen molar-refractivity contribution >= 4 is 39.8 Å². The second-order valence-corrected chi connectivity index (χ2v) is 7.00. The highest BCUT2D eigenvalue weighted by molar-refractivity contribution is 7.08. The monoisotopic (exact) mass is 374 g/mol. The Balaban J connectivity index is 1.65. The third-order valence-electron chi connectivity index (χ3n) is 4.63. The van der Waals surface area contributed by atoms with Gasteiger partial charge in [-0.25, -0.2) is 9.78 Å². The number of ether oxygens (including phenoxy) is 1. The van der Waals surface area contributed by atoms with E-state index < -0.39 is 5.97 Å². The van der Waals surface area contributed by atoms with Crippen LogP contribution in [0.3, 0.4) is 0 Å². The zero-order valence-electron chi connectivity index (χ0n) is 14.4. The Kier molecular flexibility index (Phi) is 3.65. The molecule has 0 unspecified atom stereocenters. The summed E-state index contributed by atoms with van der Waals surface area (Å²) in [7, 11) is 1.35. The SMILES string of the molecule is COC(=O)c1cccc2oc(-c3cccc4c3N=C(c3ccsc3)C4)nc12. The summed E-state index contributed by atoms with van der Waals surface area (Å²) in [5.74, 6) is 0.0185. The standard InChI is InChI=1S/C21H14N2O3S/c1-25-21(24)15-6-3-7-17-19(15)23-20(26-17)14-5-2-4-12-10-16(22-18(12)14)13-8-9-27-11-13/h2-9,11H,10H2,1H3. The van der Waals surface area contributed by atoms with Crippen LogP contribution in [0, 0.1) is 0 Å². The van der Waals surface area contributed by atoms with Gasteiger partial charge in [-0.05, 0) is 40.6 Å². The maximum atomic E-state index is 12.0. The number of methoxy groups -OCH3 is 1. The van der Waals surface area contributed by atoms with Gasteiger partial charge in [0.1, 0.15) is 5.52 Å². The number of oxazole rings is 1. The quantitative estimate of drug-likeness (QED) is 0.472. The van der Waals surface area contributed by atoms with E-state index in [4.69, 9.17) is 14.1 Å². The van der Waals surface area contributed by atoms with Crippen LogP contribution in [0.5, 0.6) is 0 Å². The number of aliphatic imine (C=N–C) groups is 1. The lowest BCUT2D eigenvalue weighted by Crippen LogP contribution is -2.01. The average molecular weight is 374 g/mol. The molecule has 0 saturated heterocycles. The number of hydrogen-bond acceptors (Lipinski definition) is 6. The summed E-state index contributed by atoms with van der Waals surface area (Å²) in [6.45, 7) is 0. The van der Waals surface area contributed by atoms with Gasteiger partial charge in [-0.1, -0.05) is 18.2 Å². The van der Waals surface area contributed by atoms with E-state index in [0.717, 1.165) is 34.5 Å². The second kappa shape index (κ2) is 6.17. The fourth-order valence-electron chi connectivity index (χ4n) is 3.33. The number of thiophene rings is 1. The molecule has 4 aromatic rings. The molecule has 2 aromatic carbocycles. The van der Waals surface area contributed by atoms with Gasteiger partial charge in [-0.2, -0.15) is 11.3 Å². The van der Waals surface area contributed by atoms with Gasteiger partial charge in [-0.3, -0.25) is 4.99 Å². The van der Waals surface area contributed by atoms with E-state index in [0.29, 0.717) is 22.6 Å². The first-order valence-electron chi connectivity index (χ1n) is 8.45. The van der Waals surface area contributed by atoms with Crippen LogP contribution in [0.1, 0.15) is 21.5 Å². The van der Waals surface area contributed by atoms with E-state index in [2.05, 4.69) is 27.9 Å². The van der Waals surface area contributed by atoms with E-state index in [1.165, 1.54) is 7.11 Å². The van der Waals surface area contributed by atoms with Crippen LogP contribution in [0.25, 0.3) is 22.6 Å². The molecule has 0 fully saturated rings. The number of fused-ring (bicyclic) bond motifs is 2. The number of rotatable bonds is 3. The minimum absolute atomic E-state index is 0.389. The van der Waals surface area contributed by atoms with Crippen LogP contribution in [0.15, 0.2) is 62.6 Å². The van der Waals surface area contributed by atoms with Crippen molar-refractivity contribution < 1.29 is 13.9 Å². The summed E-state index contributed by atoms with van der Waals surface area (Å²) in [5, 5.41) is 4.16. The molecule has 5 rings (SSSR count). The Morgan fingerprint density at radius 1 is 1.19 bits per heavy atom. The van der Waals surface area contributed by atoms with Crippen molar-refractivity contribution in [2.75, 3.05) is 7.11 Å². The lowest BCUT2D eigenvalue weighted by molar-refractivity contribution is 0.0602. The molecule has 0 N–H and O–H groups in total. The largest absolute Gasteiger partial charge is 0.465 e. The zero-order chi connectivity index (χ0) is 18.4. The minimum atomic E-state index is -0.434. The first kappa shape index (κ1) is 16.0. The first-order chi connectivity index (χ1) is 13.2. The van der Waals surface area contributed by atoms with Crippen LogP contribution < -0.4 is 0 Å². The summed E-state index contributed by atoms with van der Waals surface area (Å²) in [6.07, 6.45) is 0.785. The van der Waals surface area contributed by atoms with Crippen LogP contribution in [0.4, 0.5) is 5.69 Å². The van der Waals surface area contributed by atoms with Gasteiger partial charge in [0.15, 0.2) is 5.58 Å². The molecular formula is C21H14N2O3S. The fraction of sp³-hybridized carbons (Fsp3) is 0.0952. The predicted octanol–water partition coefficient (Wildman–Crippen LogP) is 5.02. The first-order valence-corrected chi connectivity index (χ1v) is 9.39. The molecule has 6 heteroatoms. The zero-order valence-corrected chi connectivity index (χ0v) is 15.2. The maximum Gasteiger partial charge on any atom is 0.340 e. The van der Waals surface area contributed by atoms with Crippen LogP contribution in [-0.4, -0.2) is 23.8 Å². The number of aromatic nitrogens is 1. The highest BCUT2D eigenvalue weighted by Crippen LogP contribution is 2.39. The molecule has 1 aliphatic rings. The van der Waals surface area contributed by atoms with E-state index in [-0.39, 0.29) is 0 Å². The number of esters is 1. The van der Waals surface area contributed by atoms with Crippen LogP contribution >= 0.6 is 11.3 Å². The maximum absolute atomic E-state index is 12.0. The number of carbonyl (C=O) groups is 1. The minimum Gasteiger partial charge on any atom is -0.465 e. The van der Waals surface area contributed by atoms with Gasteiger partial charge in [-0.15, -0.1) is 0 Å². The van der Waals surface area contributed by atoms with E-state index in [9.17, 15) is 4.79 Å².